The van der Waals surface area contributed by atoms with E-state index in [0.29, 0.717) is 58.4 Å². The van der Waals surface area contributed by atoms with Gasteiger partial charge in [0, 0.05) is 31.2 Å². The van der Waals surface area contributed by atoms with E-state index < -0.39 is 17.8 Å². The number of ether oxygens (including phenoxy) is 3. The van der Waals surface area contributed by atoms with Crippen molar-refractivity contribution < 1.29 is 28.5 Å². The number of fused-ring (bicyclic) bond motifs is 1. The van der Waals surface area contributed by atoms with Crippen LogP contribution in [0, 0.1) is 12.8 Å². The fourth-order valence-electron chi connectivity index (χ4n) is 6.07. The average Bonchev–Trinajstić information content (AvgIpc) is 3.62. The van der Waals surface area contributed by atoms with Gasteiger partial charge in [-0.15, -0.1) is 11.3 Å². The zero-order chi connectivity index (χ0) is 29.4. The van der Waals surface area contributed by atoms with Crippen molar-refractivity contribution in [3.63, 3.8) is 0 Å². The molecule has 0 unspecified atom stereocenters. The number of para-hydroxylation sites is 1. The fourth-order valence-corrected chi connectivity index (χ4v) is 7.31. The fraction of sp³-hybridized carbons (Fsp3) is 0.467. The van der Waals surface area contributed by atoms with Gasteiger partial charge in [-0.1, -0.05) is 18.2 Å². The molecular formula is C30H33N3O8S. The van der Waals surface area contributed by atoms with Gasteiger partial charge >= 0.3 is 11.7 Å². The number of oxazole rings is 1. The van der Waals surface area contributed by atoms with Crippen LogP contribution in [-0.4, -0.2) is 51.6 Å². The van der Waals surface area contributed by atoms with Crippen molar-refractivity contribution in [2.24, 2.45) is 5.92 Å². The van der Waals surface area contributed by atoms with Gasteiger partial charge in [-0.25, -0.2) is 9.78 Å². The molecule has 222 valence electrons. The van der Waals surface area contributed by atoms with Crippen molar-refractivity contribution in [3.8, 4) is 16.5 Å². The Morgan fingerprint density at radius 1 is 1.21 bits per heavy atom. The first kappa shape index (κ1) is 28.4. The van der Waals surface area contributed by atoms with E-state index in [4.69, 9.17) is 18.6 Å². The zero-order valence-electron chi connectivity index (χ0n) is 23.5. The van der Waals surface area contributed by atoms with Crippen LogP contribution in [0.3, 0.4) is 0 Å². The summed E-state index contributed by atoms with van der Waals surface area (Å²) in [7, 11) is 1.60. The van der Waals surface area contributed by atoms with Crippen molar-refractivity contribution in [2.75, 3.05) is 20.3 Å². The second kappa shape index (κ2) is 11.9. The van der Waals surface area contributed by atoms with Crippen LogP contribution in [0.25, 0.3) is 21.0 Å². The number of carbonyl (C=O) groups is 1. The average molecular weight is 596 g/mol. The first-order valence-corrected chi connectivity index (χ1v) is 14.9. The number of thiophene rings is 1. The number of benzene rings is 1. The standard InChI is InChI=1S/C30H33N3O8S/c1-17-25-28(36)33(19-13-18(14-19)15-24(34)35)30(37)32(29(25)42-26(17)27-31-9-12-40-27)16-23(41-20-7-10-39-11-8-20)21-5-3-4-6-22(21)38-2/h3-6,9,12,18-20,23H,7-8,10-11,13-16H2,1-2H3,(H,34,35)/t18-,19-,23-/m0/s1. The lowest BCUT2D eigenvalue weighted by atomic mass is 9.78. The third kappa shape index (κ3) is 5.30. The van der Waals surface area contributed by atoms with Crippen LogP contribution in [0.15, 0.2) is 50.7 Å². The first-order valence-electron chi connectivity index (χ1n) is 14.1. The number of carboxylic acid groups (broad SMARTS) is 1. The number of aromatic nitrogens is 3. The van der Waals surface area contributed by atoms with Crippen molar-refractivity contribution in [1.29, 1.82) is 0 Å². The lowest BCUT2D eigenvalue weighted by Crippen LogP contribution is -2.46. The van der Waals surface area contributed by atoms with E-state index in [1.165, 1.54) is 22.2 Å². The molecule has 0 amide bonds. The van der Waals surface area contributed by atoms with Crippen LogP contribution >= 0.6 is 11.3 Å². The Kier molecular flexibility index (Phi) is 8.02. The molecular weight excluding hydrogens is 562 g/mol. The maximum atomic E-state index is 14.3. The van der Waals surface area contributed by atoms with Gasteiger partial charge in [-0.05, 0) is 50.2 Å². The van der Waals surface area contributed by atoms with Crippen molar-refractivity contribution in [2.45, 2.75) is 63.8 Å². The van der Waals surface area contributed by atoms with Crippen molar-refractivity contribution >= 4 is 27.5 Å². The molecule has 1 atom stereocenters. The van der Waals surface area contributed by atoms with Crippen LogP contribution in [0.1, 0.15) is 55.4 Å². The summed E-state index contributed by atoms with van der Waals surface area (Å²) in [5.74, 6) is 0.0643. The summed E-state index contributed by atoms with van der Waals surface area (Å²) in [6.45, 7) is 3.18. The highest BCUT2D eigenvalue weighted by atomic mass is 32.1. The normalized spacial score (nSPS) is 20.0. The summed E-state index contributed by atoms with van der Waals surface area (Å²) < 4.78 is 26.4. The molecule has 1 aromatic carbocycles. The van der Waals surface area contributed by atoms with Crippen LogP contribution in [0.5, 0.6) is 5.75 Å². The molecule has 6 rings (SSSR count). The number of hydrogen-bond donors (Lipinski definition) is 1. The van der Waals surface area contributed by atoms with E-state index in [2.05, 4.69) is 4.98 Å². The molecule has 1 saturated carbocycles. The molecule has 3 aromatic heterocycles. The highest BCUT2D eigenvalue weighted by Crippen LogP contribution is 2.41. The maximum Gasteiger partial charge on any atom is 0.332 e. The Morgan fingerprint density at radius 3 is 2.67 bits per heavy atom. The minimum Gasteiger partial charge on any atom is -0.496 e. The molecule has 0 spiro atoms. The molecule has 0 bridgehead atoms. The quantitative estimate of drug-likeness (QED) is 0.280. The number of aliphatic carboxylic acids is 1. The monoisotopic (exact) mass is 595 g/mol. The number of aryl methyl sites for hydroxylation is 1. The molecule has 1 aliphatic heterocycles. The van der Waals surface area contributed by atoms with Gasteiger partial charge in [0.05, 0.1) is 36.2 Å². The molecule has 2 aliphatic rings. The van der Waals surface area contributed by atoms with Gasteiger partial charge in [-0.3, -0.25) is 18.7 Å². The summed E-state index contributed by atoms with van der Waals surface area (Å²) in [6, 6.07) is 7.21. The van der Waals surface area contributed by atoms with Gasteiger partial charge in [0.15, 0.2) is 0 Å². The smallest absolute Gasteiger partial charge is 0.332 e. The van der Waals surface area contributed by atoms with E-state index in [9.17, 15) is 19.5 Å². The summed E-state index contributed by atoms with van der Waals surface area (Å²) in [5, 5.41) is 9.66. The molecule has 1 N–H and O–H groups in total. The topological polar surface area (TPSA) is 135 Å². The number of rotatable bonds is 10. The first-order chi connectivity index (χ1) is 20.4. The van der Waals surface area contributed by atoms with Crippen LogP contribution in [0.2, 0.25) is 0 Å². The Hall–Kier alpha value is -3.74. The molecule has 1 saturated heterocycles. The van der Waals surface area contributed by atoms with Crippen LogP contribution in [0.4, 0.5) is 0 Å². The predicted octanol–water partition coefficient (Wildman–Crippen LogP) is 4.56. The highest BCUT2D eigenvalue weighted by Gasteiger charge is 2.36. The van der Waals surface area contributed by atoms with Gasteiger partial charge in [0.25, 0.3) is 5.56 Å². The van der Waals surface area contributed by atoms with Crippen LogP contribution in [-0.2, 0) is 20.8 Å². The zero-order valence-corrected chi connectivity index (χ0v) is 24.3. The second-order valence-corrected chi connectivity index (χ2v) is 11.9. The third-order valence-electron chi connectivity index (χ3n) is 8.27. The maximum absolute atomic E-state index is 14.3. The van der Waals surface area contributed by atoms with E-state index in [-0.39, 0.29) is 36.6 Å². The Balaban J connectivity index is 1.49. The molecule has 1 aliphatic carbocycles. The molecule has 12 heteroatoms. The molecule has 2 fully saturated rings. The lowest BCUT2D eigenvalue weighted by molar-refractivity contribution is -0.139. The molecule has 42 heavy (non-hydrogen) atoms. The summed E-state index contributed by atoms with van der Waals surface area (Å²) in [5.41, 5.74) is 0.666. The van der Waals surface area contributed by atoms with E-state index in [0.717, 1.165) is 18.4 Å². The Labute approximate surface area is 245 Å². The number of methoxy groups -OCH3 is 1. The summed E-state index contributed by atoms with van der Waals surface area (Å²) in [4.78, 5) is 45.0. The Bertz CT molecular complexity index is 1690. The molecule has 4 heterocycles. The summed E-state index contributed by atoms with van der Waals surface area (Å²) >= 11 is 1.29. The molecule has 11 nitrogen and oxygen atoms in total. The Morgan fingerprint density at radius 2 is 1.98 bits per heavy atom. The van der Waals surface area contributed by atoms with Crippen molar-refractivity contribution in [1.82, 2.24) is 14.1 Å². The molecule has 4 aromatic rings. The largest absolute Gasteiger partial charge is 0.496 e. The molecule has 0 radical (unpaired) electrons. The van der Waals surface area contributed by atoms with E-state index >= 15 is 0 Å². The number of hydrogen-bond acceptors (Lipinski definition) is 9. The van der Waals surface area contributed by atoms with Crippen LogP contribution < -0.4 is 16.0 Å². The minimum absolute atomic E-state index is 0.0162. The van der Waals surface area contributed by atoms with Gasteiger partial charge in [0.1, 0.15) is 22.9 Å². The minimum atomic E-state index is -0.882. The SMILES string of the molecule is COc1ccccc1[C@H](Cn1c(=O)n([C@H]2C[C@H](CC(=O)O)C2)c(=O)c2c(C)c(-c3ncco3)sc21)OC1CCOCC1. The van der Waals surface area contributed by atoms with Gasteiger partial charge in [0.2, 0.25) is 5.89 Å². The van der Waals surface area contributed by atoms with Gasteiger partial charge in [-0.2, -0.15) is 0 Å². The summed E-state index contributed by atoms with van der Waals surface area (Å²) in [6.07, 6.45) is 4.79. The number of nitrogens with zero attached hydrogens (tertiary/aromatic N) is 3. The van der Waals surface area contributed by atoms with E-state index in [1.54, 1.807) is 17.9 Å². The van der Waals surface area contributed by atoms with E-state index in [1.807, 2.05) is 31.2 Å². The lowest BCUT2D eigenvalue weighted by Gasteiger charge is -2.35. The number of carboxylic acids is 1. The predicted molar refractivity (Wildman–Crippen MR) is 155 cm³/mol. The van der Waals surface area contributed by atoms with Gasteiger partial charge < -0.3 is 23.7 Å². The second-order valence-electron chi connectivity index (χ2n) is 10.9. The van der Waals surface area contributed by atoms with Crippen molar-refractivity contribution in [3.05, 3.63) is 68.7 Å². The highest BCUT2D eigenvalue weighted by molar-refractivity contribution is 7.22. The third-order valence-corrected chi connectivity index (χ3v) is 9.57.